The second-order valence-corrected chi connectivity index (χ2v) is 4.82. The van der Waals surface area contributed by atoms with Crippen molar-refractivity contribution < 1.29 is 4.79 Å². The lowest BCUT2D eigenvalue weighted by molar-refractivity contribution is 0.0953. The zero-order valence-corrected chi connectivity index (χ0v) is 12.3. The predicted molar refractivity (Wildman–Crippen MR) is 86.0 cm³/mol. The number of carbonyl (C=O) groups is 1. The number of hydrogen-bond acceptors (Lipinski definition) is 3. The van der Waals surface area contributed by atoms with Gasteiger partial charge >= 0.3 is 0 Å². The molecule has 1 aromatic carbocycles. The molecule has 21 heavy (non-hydrogen) atoms. The lowest BCUT2D eigenvalue weighted by Crippen LogP contribution is -2.24. The van der Waals surface area contributed by atoms with Crippen LogP contribution in [0.3, 0.4) is 0 Å². The van der Waals surface area contributed by atoms with Crippen LogP contribution in [0.15, 0.2) is 49.2 Å². The van der Waals surface area contributed by atoms with E-state index in [9.17, 15) is 4.79 Å². The van der Waals surface area contributed by atoms with E-state index in [1.807, 2.05) is 12.1 Å². The van der Waals surface area contributed by atoms with Gasteiger partial charge in [-0.3, -0.25) is 4.79 Å². The van der Waals surface area contributed by atoms with Gasteiger partial charge in [-0.2, -0.15) is 0 Å². The number of amides is 1. The van der Waals surface area contributed by atoms with Crippen LogP contribution in [0, 0.1) is 13.8 Å². The van der Waals surface area contributed by atoms with Crippen molar-refractivity contribution in [3.63, 3.8) is 0 Å². The van der Waals surface area contributed by atoms with Gasteiger partial charge in [0.1, 0.15) is 5.69 Å². The van der Waals surface area contributed by atoms with Gasteiger partial charge in [-0.05, 0) is 37.1 Å². The van der Waals surface area contributed by atoms with Crippen LogP contribution < -0.4 is 10.6 Å². The molecule has 108 valence electrons. The molecule has 0 unspecified atom stereocenters. The van der Waals surface area contributed by atoms with Gasteiger partial charge in [-0.15, -0.1) is 6.58 Å². The van der Waals surface area contributed by atoms with E-state index in [1.54, 1.807) is 18.3 Å². The lowest BCUT2D eigenvalue weighted by Gasteiger charge is -2.12. The largest absolute Gasteiger partial charge is 0.354 e. The van der Waals surface area contributed by atoms with Crippen molar-refractivity contribution >= 4 is 17.3 Å². The summed E-state index contributed by atoms with van der Waals surface area (Å²) in [5, 5.41) is 6.04. The Balaban J connectivity index is 2.12. The van der Waals surface area contributed by atoms with E-state index < -0.39 is 0 Å². The summed E-state index contributed by atoms with van der Waals surface area (Å²) < 4.78 is 0. The molecule has 1 heterocycles. The van der Waals surface area contributed by atoms with Crippen LogP contribution in [0.1, 0.15) is 21.6 Å². The van der Waals surface area contributed by atoms with E-state index >= 15 is 0 Å². The summed E-state index contributed by atoms with van der Waals surface area (Å²) in [7, 11) is 0. The maximum Gasteiger partial charge on any atom is 0.270 e. The summed E-state index contributed by atoms with van der Waals surface area (Å²) in [4.78, 5) is 15.9. The zero-order valence-electron chi connectivity index (χ0n) is 12.3. The molecule has 1 amide bonds. The second kappa shape index (κ2) is 6.70. The molecule has 0 saturated heterocycles. The van der Waals surface area contributed by atoms with Crippen molar-refractivity contribution in [1.29, 1.82) is 0 Å². The fourth-order valence-electron chi connectivity index (χ4n) is 2.01. The third-order valence-corrected chi connectivity index (χ3v) is 3.15. The van der Waals surface area contributed by atoms with Crippen LogP contribution >= 0.6 is 0 Å². The summed E-state index contributed by atoms with van der Waals surface area (Å²) >= 11 is 0. The molecule has 2 rings (SSSR count). The van der Waals surface area contributed by atoms with Crippen LogP contribution in [0.25, 0.3) is 0 Å². The summed E-state index contributed by atoms with van der Waals surface area (Å²) in [5.74, 6) is -0.200. The number of carbonyl (C=O) groups excluding carboxylic acids is 1. The monoisotopic (exact) mass is 281 g/mol. The number of anilines is 2. The number of para-hydroxylation sites is 1. The molecule has 0 spiro atoms. The number of benzene rings is 1. The Morgan fingerprint density at radius 1 is 1.24 bits per heavy atom. The molecule has 4 heteroatoms. The first kappa shape index (κ1) is 14.8. The highest BCUT2D eigenvalue weighted by Gasteiger charge is 2.07. The summed E-state index contributed by atoms with van der Waals surface area (Å²) in [5.41, 5.74) is 4.66. The number of aryl methyl sites for hydroxylation is 2. The minimum Gasteiger partial charge on any atom is -0.354 e. The van der Waals surface area contributed by atoms with Crippen LogP contribution in [-0.2, 0) is 0 Å². The first-order chi connectivity index (χ1) is 10.1. The minimum atomic E-state index is -0.200. The van der Waals surface area contributed by atoms with Gasteiger partial charge < -0.3 is 10.6 Å². The second-order valence-electron chi connectivity index (χ2n) is 4.82. The Morgan fingerprint density at radius 3 is 2.52 bits per heavy atom. The van der Waals surface area contributed by atoms with Crippen LogP contribution in [0.4, 0.5) is 11.4 Å². The van der Waals surface area contributed by atoms with Gasteiger partial charge in [0.2, 0.25) is 0 Å². The maximum absolute atomic E-state index is 11.7. The number of nitrogens with one attached hydrogen (secondary N) is 2. The fourth-order valence-corrected chi connectivity index (χ4v) is 2.01. The number of aromatic nitrogens is 1. The predicted octanol–water partition coefficient (Wildman–Crippen LogP) is 3.36. The highest BCUT2D eigenvalue weighted by molar-refractivity contribution is 5.92. The van der Waals surface area contributed by atoms with E-state index in [-0.39, 0.29) is 5.91 Å². The molecule has 0 aliphatic heterocycles. The van der Waals surface area contributed by atoms with E-state index in [1.165, 1.54) is 11.1 Å². The minimum absolute atomic E-state index is 0.200. The molecule has 0 aliphatic carbocycles. The molecule has 0 aliphatic rings. The quantitative estimate of drug-likeness (QED) is 0.826. The molecule has 0 saturated carbocycles. The van der Waals surface area contributed by atoms with Crippen molar-refractivity contribution in [1.82, 2.24) is 10.3 Å². The highest BCUT2D eigenvalue weighted by Crippen LogP contribution is 2.23. The van der Waals surface area contributed by atoms with E-state index in [0.29, 0.717) is 12.2 Å². The molecular weight excluding hydrogens is 262 g/mol. The Hall–Kier alpha value is -2.62. The first-order valence-electron chi connectivity index (χ1n) is 6.80. The molecule has 0 atom stereocenters. The third kappa shape index (κ3) is 3.69. The fraction of sp³-hybridized carbons (Fsp3) is 0.176. The van der Waals surface area contributed by atoms with Gasteiger partial charge in [0.15, 0.2) is 0 Å². The normalized spacial score (nSPS) is 10.0. The summed E-state index contributed by atoms with van der Waals surface area (Å²) in [6.45, 7) is 8.10. The molecular formula is C17H19N3O. The molecule has 2 N–H and O–H groups in total. The van der Waals surface area contributed by atoms with E-state index in [0.717, 1.165) is 11.4 Å². The Kier molecular flexibility index (Phi) is 4.72. The maximum atomic E-state index is 11.7. The van der Waals surface area contributed by atoms with Gasteiger partial charge in [0.05, 0.1) is 11.9 Å². The number of nitrogens with zero attached hydrogens (tertiary/aromatic N) is 1. The Labute approximate surface area is 124 Å². The molecule has 2 aromatic rings. The van der Waals surface area contributed by atoms with E-state index in [4.69, 9.17) is 0 Å². The van der Waals surface area contributed by atoms with E-state index in [2.05, 4.69) is 48.2 Å². The number of hydrogen-bond donors (Lipinski definition) is 2. The average molecular weight is 281 g/mol. The highest BCUT2D eigenvalue weighted by atomic mass is 16.1. The summed E-state index contributed by atoms with van der Waals surface area (Å²) in [6.07, 6.45) is 3.30. The Morgan fingerprint density at radius 2 is 1.95 bits per heavy atom. The van der Waals surface area contributed by atoms with Crippen LogP contribution in [0.5, 0.6) is 0 Å². The molecule has 4 nitrogen and oxygen atoms in total. The van der Waals surface area contributed by atoms with Crippen LogP contribution in [-0.4, -0.2) is 17.4 Å². The van der Waals surface area contributed by atoms with Gasteiger partial charge in [-0.1, -0.05) is 24.3 Å². The van der Waals surface area contributed by atoms with Gasteiger partial charge in [0.25, 0.3) is 5.91 Å². The molecule has 0 fully saturated rings. The molecule has 0 radical (unpaired) electrons. The van der Waals surface area contributed by atoms with Gasteiger partial charge in [-0.25, -0.2) is 4.98 Å². The lowest BCUT2D eigenvalue weighted by atomic mass is 10.1. The van der Waals surface area contributed by atoms with Crippen molar-refractivity contribution in [2.75, 3.05) is 11.9 Å². The van der Waals surface area contributed by atoms with Crippen molar-refractivity contribution in [3.8, 4) is 0 Å². The van der Waals surface area contributed by atoms with Crippen molar-refractivity contribution in [2.24, 2.45) is 0 Å². The van der Waals surface area contributed by atoms with Crippen molar-refractivity contribution in [3.05, 3.63) is 66.0 Å². The molecule has 1 aromatic heterocycles. The Bertz CT molecular complexity index is 627. The topological polar surface area (TPSA) is 54.0 Å². The number of pyridine rings is 1. The van der Waals surface area contributed by atoms with Gasteiger partial charge in [0, 0.05) is 12.2 Å². The standard InChI is InChI=1S/C17H19N3O/c1-4-10-18-17(21)15-9-8-14(11-19-15)20-16-12(2)6-5-7-13(16)3/h4-9,11,20H,1,10H2,2-3H3,(H,18,21). The molecule has 0 bridgehead atoms. The average Bonchev–Trinajstić information content (AvgIpc) is 2.49. The SMILES string of the molecule is C=CCNC(=O)c1ccc(Nc2c(C)cccc2C)cn1. The smallest absolute Gasteiger partial charge is 0.270 e. The van der Waals surface area contributed by atoms with Crippen LogP contribution in [0.2, 0.25) is 0 Å². The number of rotatable bonds is 5. The first-order valence-corrected chi connectivity index (χ1v) is 6.80. The summed E-state index contributed by atoms with van der Waals surface area (Å²) in [6, 6.07) is 9.69. The third-order valence-electron chi connectivity index (χ3n) is 3.15. The van der Waals surface area contributed by atoms with Crippen molar-refractivity contribution in [2.45, 2.75) is 13.8 Å². The zero-order chi connectivity index (χ0) is 15.2.